The van der Waals surface area contributed by atoms with Gasteiger partial charge in [0.05, 0.1) is 12.3 Å². The summed E-state index contributed by atoms with van der Waals surface area (Å²) < 4.78 is 5.41. The highest BCUT2D eigenvalue weighted by Gasteiger charge is 2.18. The number of carbonyl (C=O) groups is 1. The Kier molecular flexibility index (Phi) is 4.53. The average Bonchev–Trinajstić information content (AvgIpc) is 2.92. The SMILES string of the molecule is Cc1cccc(C(=O)NCC(c2ccco2)N(C)C)n1. The van der Waals surface area contributed by atoms with Gasteiger partial charge in [-0.15, -0.1) is 0 Å². The summed E-state index contributed by atoms with van der Waals surface area (Å²) >= 11 is 0. The molecule has 1 atom stereocenters. The lowest BCUT2D eigenvalue weighted by Crippen LogP contribution is -2.34. The molecule has 2 aromatic heterocycles. The van der Waals surface area contributed by atoms with Gasteiger partial charge in [0.2, 0.25) is 0 Å². The van der Waals surface area contributed by atoms with E-state index in [2.05, 4.69) is 10.3 Å². The first-order valence-corrected chi connectivity index (χ1v) is 6.49. The monoisotopic (exact) mass is 273 g/mol. The second-order valence-electron chi connectivity index (χ2n) is 4.87. The van der Waals surface area contributed by atoms with Crippen molar-refractivity contribution in [1.82, 2.24) is 15.2 Å². The van der Waals surface area contributed by atoms with Crippen LogP contribution in [0.25, 0.3) is 0 Å². The normalized spacial score (nSPS) is 12.4. The predicted octanol–water partition coefficient (Wildman–Crippen LogP) is 2.02. The lowest BCUT2D eigenvalue weighted by molar-refractivity contribution is 0.0934. The van der Waals surface area contributed by atoms with Crippen LogP contribution in [0.4, 0.5) is 0 Å². The Hall–Kier alpha value is -2.14. The van der Waals surface area contributed by atoms with Crippen LogP contribution in [0.2, 0.25) is 0 Å². The zero-order chi connectivity index (χ0) is 14.5. The number of pyridine rings is 1. The van der Waals surface area contributed by atoms with Crippen molar-refractivity contribution in [1.29, 1.82) is 0 Å². The third-order valence-electron chi connectivity index (χ3n) is 3.07. The summed E-state index contributed by atoms with van der Waals surface area (Å²) in [5.41, 5.74) is 1.26. The molecular formula is C15H19N3O2. The molecule has 0 aliphatic carbocycles. The molecule has 1 amide bonds. The number of hydrogen-bond acceptors (Lipinski definition) is 4. The molecule has 0 aliphatic heterocycles. The average molecular weight is 273 g/mol. The van der Waals surface area contributed by atoms with E-state index in [1.165, 1.54) is 0 Å². The number of likely N-dealkylation sites (N-methyl/N-ethyl adjacent to an activating group) is 1. The van der Waals surface area contributed by atoms with Gasteiger partial charge in [0, 0.05) is 12.2 Å². The Bertz CT molecular complexity index is 564. The van der Waals surface area contributed by atoms with Gasteiger partial charge in [0.25, 0.3) is 5.91 Å². The van der Waals surface area contributed by atoms with Crippen molar-refractivity contribution < 1.29 is 9.21 Å². The molecule has 0 spiro atoms. The highest BCUT2D eigenvalue weighted by Crippen LogP contribution is 2.17. The molecule has 0 aliphatic rings. The highest BCUT2D eigenvalue weighted by molar-refractivity contribution is 5.92. The zero-order valence-corrected chi connectivity index (χ0v) is 12.0. The Morgan fingerprint density at radius 3 is 2.75 bits per heavy atom. The number of nitrogens with zero attached hydrogens (tertiary/aromatic N) is 2. The van der Waals surface area contributed by atoms with E-state index in [9.17, 15) is 4.79 Å². The van der Waals surface area contributed by atoms with Gasteiger partial charge in [-0.2, -0.15) is 0 Å². The lowest BCUT2D eigenvalue weighted by atomic mass is 10.2. The van der Waals surface area contributed by atoms with Gasteiger partial charge >= 0.3 is 0 Å². The third kappa shape index (κ3) is 3.45. The summed E-state index contributed by atoms with van der Waals surface area (Å²) in [6, 6.07) is 9.14. The number of nitrogens with one attached hydrogen (secondary N) is 1. The van der Waals surface area contributed by atoms with Gasteiger partial charge < -0.3 is 9.73 Å². The van der Waals surface area contributed by atoms with Crippen LogP contribution < -0.4 is 5.32 Å². The summed E-state index contributed by atoms with van der Waals surface area (Å²) in [5.74, 6) is 0.652. The van der Waals surface area contributed by atoms with Gasteiger partial charge in [-0.25, -0.2) is 4.98 Å². The van der Waals surface area contributed by atoms with Crippen LogP contribution in [0.15, 0.2) is 41.0 Å². The van der Waals surface area contributed by atoms with E-state index in [0.717, 1.165) is 11.5 Å². The fourth-order valence-electron chi connectivity index (χ4n) is 1.97. The number of aryl methyl sites for hydroxylation is 1. The summed E-state index contributed by atoms with van der Waals surface area (Å²) in [6.45, 7) is 2.33. The second-order valence-corrected chi connectivity index (χ2v) is 4.87. The fraction of sp³-hybridized carbons (Fsp3) is 0.333. The van der Waals surface area contributed by atoms with Crippen molar-refractivity contribution in [2.45, 2.75) is 13.0 Å². The molecule has 5 nitrogen and oxygen atoms in total. The van der Waals surface area contributed by atoms with Crippen LogP contribution in [-0.4, -0.2) is 36.4 Å². The molecule has 0 fully saturated rings. The Labute approximate surface area is 118 Å². The van der Waals surface area contributed by atoms with Crippen LogP contribution in [0.5, 0.6) is 0 Å². The summed E-state index contributed by atoms with van der Waals surface area (Å²) in [6.07, 6.45) is 1.63. The molecule has 2 rings (SSSR count). The first kappa shape index (κ1) is 14.3. The second kappa shape index (κ2) is 6.34. The molecule has 0 bridgehead atoms. The van der Waals surface area contributed by atoms with E-state index in [4.69, 9.17) is 4.42 Å². The molecule has 20 heavy (non-hydrogen) atoms. The third-order valence-corrected chi connectivity index (χ3v) is 3.07. The van der Waals surface area contributed by atoms with E-state index in [1.807, 2.05) is 50.2 Å². The Morgan fingerprint density at radius 2 is 2.15 bits per heavy atom. The van der Waals surface area contributed by atoms with Crippen molar-refractivity contribution in [2.24, 2.45) is 0 Å². The molecule has 106 valence electrons. The van der Waals surface area contributed by atoms with Crippen molar-refractivity contribution in [3.63, 3.8) is 0 Å². The van der Waals surface area contributed by atoms with Gasteiger partial charge in [-0.1, -0.05) is 6.07 Å². The maximum Gasteiger partial charge on any atom is 0.269 e. The van der Waals surface area contributed by atoms with E-state index in [1.54, 1.807) is 12.3 Å². The van der Waals surface area contributed by atoms with Crippen LogP contribution in [0.3, 0.4) is 0 Å². The molecule has 5 heteroatoms. The smallest absolute Gasteiger partial charge is 0.269 e. The Morgan fingerprint density at radius 1 is 1.35 bits per heavy atom. The molecule has 0 saturated heterocycles. The minimum absolute atomic E-state index is 0.00115. The predicted molar refractivity (Wildman–Crippen MR) is 76.4 cm³/mol. The first-order valence-electron chi connectivity index (χ1n) is 6.49. The number of amides is 1. The molecule has 2 aromatic rings. The topological polar surface area (TPSA) is 58.4 Å². The van der Waals surface area contributed by atoms with Crippen LogP contribution in [-0.2, 0) is 0 Å². The van der Waals surface area contributed by atoms with Crippen molar-refractivity contribution in [3.8, 4) is 0 Å². The number of carbonyl (C=O) groups excluding carboxylic acids is 1. The van der Waals surface area contributed by atoms with E-state index in [-0.39, 0.29) is 11.9 Å². The van der Waals surface area contributed by atoms with Crippen LogP contribution in [0.1, 0.15) is 28.0 Å². The molecule has 1 N–H and O–H groups in total. The number of hydrogen-bond donors (Lipinski definition) is 1. The standard InChI is InChI=1S/C15H19N3O2/c1-11-6-4-7-12(17-11)15(19)16-10-13(18(2)3)14-8-5-9-20-14/h4-9,13H,10H2,1-3H3,(H,16,19). The first-order chi connectivity index (χ1) is 9.58. The zero-order valence-electron chi connectivity index (χ0n) is 12.0. The molecular weight excluding hydrogens is 254 g/mol. The van der Waals surface area contributed by atoms with Crippen LogP contribution >= 0.6 is 0 Å². The molecule has 0 saturated carbocycles. The van der Waals surface area contributed by atoms with Gasteiger partial charge in [-0.05, 0) is 45.3 Å². The van der Waals surface area contributed by atoms with E-state index < -0.39 is 0 Å². The minimum Gasteiger partial charge on any atom is -0.468 e. The maximum atomic E-state index is 12.1. The van der Waals surface area contributed by atoms with Crippen molar-refractivity contribution >= 4 is 5.91 Å². The van der Waals surface area contributed by atoms with E-state index >= 15 is 0 Å². The minimum atomic E-state index is -0.174. The summed E-state index contributed by atoms with van der Waals surface area (Å²) in [4.78, 5) is 18.3. The molecule has 0 radical (unpaired) electrons. The fourth-order valence-corrected chi connectivity index (χ4v) is 1.97. The number of rotatable bonds is 5. The summed E-state index contributed by atoms with van der Waals surface area (Å²) in [5, 5.41) is 2.89. The Balaban J connectivity index is 2.01. The largest absolute Gasteiger partial charge is 0.468 e. The highest BCUT2D eigenvalue weighted by atomic mass is 16.3. The summed E-state index contributed by atoms with van der Waals surface area (Å²) in [7, 11) is 3.90. The number of furan rings is 1. The van der Waals surface area contributed by atoms with Crippen molar-refractivity contribution in [3.05, 3.63) is 53.7 Å². The van der Waals surface area contributed by atoms with Crippen molar-refractivity contribution in [2.75, 3.05) is 20.6 Å². The van der Waals surface area contributed by atoms with Gasteiger partial charge in [0.1, 0.15) is 11.5 Å². The molecule has 1 unspecified atom stereocenters. The quantitative estimate of drug-likeness (QED) is 0.905. The van der Waals surface area contributed by atoms with Crippen LogP contribution in [0, 0.1) is 6.92 Å². The molecule has 2 heterocycles. The lowest BCUT2D eigenvalue weighted by Gasteiger charge is -2.22. The van der Waals surface area contributed by atoms with Gasteiger partial charge in [0.15, 0.2) is 0 Å². The number of aromatic nitrogens is 1. The maximum absolute atomic E-state index is 12.1. The van der Waals surface area contributed by atoms with E-state index in [0.29, 0.717) is 12.2 Å². The molecule has 0 aromatic carbocycles. The van der Waals surface area contributed by atoms with Gasteiger partial charge in [-0.3, -0.25) is 9.69 Å².